The summed E-state index contributed by atoms with van der Waals surface area (Å²) in [7, 11) is 3.58. The summed E-state index contributed by atoms with van der Waals surface area (Å²) in [6.45, 7) is 1.34. The van der Waals surface area contributed by atoms with Crippen LogP contribution in [0.1, 0.15) is 28.3 Å². The molecule has 3 N–H and O–H groups in total. The number of aromatic amines is 1. The predicted octanol–water partition coefficient (Wildman–Crippen LogP) is 1.75. The van der Waals surface area contributed by atoms with E-state index >= 15 is 0 Å². The molecule has 2 atom stereocenters. The number of ether oxygens (including phenoxy) is 3. The molecule has 2 aliphatic heterocycles. The first-order valence-corrected chi connectivity index (χ1v) is 11.3. The molecule has 9 heteroatoms. The van der Waals surface area contributed by atoms with Gasteiger partial charge in [0.15, 0.2) is 22.3 Å². The summed E-state index contributed by atoms with van der Waals surface area (Å²) >= 11 is 5.40. The van der Waals surface area contributed by atoms with E-state index in [1.165, 1.54) is 0 Å². The monoisotopic (exact) mass is 468 g/mol. The van der Waals surface area contributed by atoms with Crippen molar-refractivity contribution in [3.63, 3.8) is 0 Å². The molecule has 3 heterocycles. The van der Waals surface area contributed by atoms with E-state index in [4.69, 9.17) is 26.4 Å². The van der Waals surface area contributed by atoms with Crippen molar-refractivity contribution in [3.05, 3.63) is 73.8 Å². The van der Waals surface area contributed by atoms with Gasteiger partial charge in [-0.05, 0) is 35.8 Å². The Kier molecular flexibility index (Phi) is 5.59. The Labute approximate surface area is 196 Å². The van der Waals surface area contributed by atoms with Crippen LogP contribution in [0.3, 0.4) is 0 Å². The molecule has 172 valence electrons. The number of H-pyrrole nitrogens is 1. The smallest absolute Gasteiger partial charge is 0.265 e. The minimum absolute atomic E-state index is 0.114. The van der Waals surface area contributed by atoms with E-state index in [-0.39, 0.29) is 23.0 Å². The van der Waals surface area contributed by atoms with E-state index < -0.39 is 11.6 Å². The molecule has 0 aliphatic carbocycles. The molecular formula is C24H26N3O5S+. The number of fused-ring (bicyclic) bond motifs is 2. The number of aryl methyl sites for hydroxylation is 1. The Morgan fingerprint density at radius 3 is 2.82 bits per heavy atom. The SMILES string of the molecule is COc1c2c(cc3c1[C@@H](c1c(O)n(CCc4ccccc4)c(=S)[nH]c1=O)[NH+](C)CC3)OCO2. The molecular weight excluding hydrogens is 442 g/mol. The number of rotatable bonds is 5. The molecule has 1 aromatic heterocycles. The number of aromatic nitrogens is 2. The second-order valence-electron chi connectivity index (χ2n) is 8.38. The Hall–Kier alpha value is -3.30. The zero-order valence-corrected chi connectivity index (χ0v) is 19.3. The third kappa shape index (κ3) is 3.67. The molecule has 1 unspecified atom stereocenters. The van der Waals surface area contributed by atoms with Crippen LogP contribution in [0.25, 0.3) is 0 Å². The molecule has 2 aromatic carbocycles. The van der Waals surface area contributed by atoms with Crippen molar-refractivity contribution in [2.45, 2.75) is 25.4 Å². The predicted molar refractivity (Wildman–Crippen MR) is 124 cm³/mol. The van der Waals surface area contributed by atoms with Crippen LogP contribution < -0.4 is 24.7 Å². The first kappa shape index (κ1) is 21.5. The van der Waals surface area contributed by atoms with Crippen molar-refractivity contribution in [2.75, 3.05) is 27.5 Å². The summed E-state index contributed by atoms with van der Waals surface area (Å²) in [6, 6.07) is 11.5. The molecule has 0 amide bonds. The molecule has 8 nitrogen and oxygen atoms in total. The van der Waals surface area contributed by atoms with Crippen molar-refractivity contribution < 1.29 is 24.2 Å². The van der Waals surface area contributed by atoms with E-state index in [2.05, 4.69) is 4.98 Å². The first-order chi connectivity index (χ1) is 16.0. The van der Waals surface area contributed by atoms with Crippen LogP contribution in [-0.2, 0) is 19.4 Å². The lowest BCUT2D eigenvalue weighted by Crippen LogP contribution is -3.10. The Morgan fingerprint density at radius 2 is 2.06 bits per heavy atom. The number of methoxy groups -OCH3 is 1. The number of hydrogen-bond donors (Lipinski definition) is 3. The number of benzene rings is 2. The van der Waals surface area contributed by atoms with Gasteiger partial charge in [0, 0.05) is 13.0 Å². The molecule has 0 spiro atoms. The highest BCUT2D eigenvalue weighted by Gasteiger charge is 2.40. The number of nitrogens with one attached hydrogen (secondary N) is 2. The van der Waals surface area contributed by atoms with E-state index in [0.717, 1.165) is 34.6 Å². The average Bonchev–Trinajstić information content (AvgIpc) is 3.27. The third-order valence-corrected chi connectivity index (χ3v) is 6.80. The van der Waals surface area contributed by atoms with Gasteiger partial charge < -0.3 is 24.2 Å². The van der Waals surface area contributed by atoms with Gasteiger partial charge in [-0.15, -0.1) is 0 Å². The summed E-state index contributed by atoms with van der Waals surface area (Å²) in [4.78, 5) is 17.0. The lowest BCUT2D eigenvalue weighted by atomic mass is 9.87. The lowest BCUT2D eigenvalue weighted by molar-refractivity contribution is -0.908. The van der Waals surface area contributed by atoms with Gasteiger partial charge in [-0.3, -0.25) is 14.3 Å². The number of quaternary nitrogens is 1. The van der Waals surface area contributed by atoms with Gasteiger partial charge in [0.1, 0.15) is 5.56 Å². The molecule has 33 heavy (non-hydrogen) atoms. The van der Waals surface area contributed by atoms with Crippen LogP contribution in [-0.4, -0.2) is 42.2 Å². The van der Waals surface area contributed by atoms with Crippen LogP contribution >= 0.6 is 12.2 Å². The fourth-order valence-electron chi connectivity index (χ4n) is 4.84. The standard InChI is InChI=1S/C24H25N3O5S/c1-26-10-9-15-12-16-20(32-13-31-16)21(30-2)17(15)19(26)18-22(28)25-24(33)27(23(18)29)11-8-14-6-4-3-5-7-14/h3-7,12,19,29H,8-11,13H2,1-2H3,(H,25,28,33)/p+1/t19-/m0/s1. The number of aromatic hydroxyl groups is 1. The van der Waals surface area contributed by atoms with Crippen molar-refractivity contribution in [1.29, 1.82) is 0 Å². The molecule has 0 saturated carbocycles. The van der Waals surface area contributed by atoms with Gasteiger partial charge in [0.05, 0.1) is 26.3 Å². The van der Waals surface area contributed by atoms with Gasteiger partial charge in [-0.25, -0.2) is 0 Å². The molecule has 3 aromatic rings. The maximum absolute atomic E-state index is 13.2. The van der Waals surface area contributed by atoms with Crippen LogP contribution in [0.2, 0.25) is 0 Å². The topological polar surface area (TPSA) is 90.2 Å². The largest absolute Gasteiger partial charge is 0.494 e. The maximum atomic E-state index is 13.2. The van der Waals surface area contributed by atoms with Crippen molar-refractivity contribution >= 4 is 12.2 Å². The zero-order chi connectivity index (χ0) is 23.1. The zero-order valence-electron chi connectivity index (χ0n) is 18.5. The molecule has 0 saturated heterocycles. The number of nitrogens with zero attached hydrogens (tertiary/aromatic N) is 1. The Morgan fingerprint density at radius 1 is 1.27 bits per heavy atom. The van der Waals surface area contributed by atoms with Gasteiger partial charge in [-0.2, -0.15) is 0 Å². The first-order valence-electron chi connectivity index (χ1n) is 10.9. The summed E-state index contributed by atoms with van der Waals surface area (Å²) in [5.74, 6) is 1.60. The second kappa shape index (κ2) is 8.57. The highest BCUT2D eigenvalue weighted by molar-refractivity contribution is 7.71. The van der Waals surface area contributed by atoms with Crippen LogP contribution in [0.5, 0.6) is 23.1 Å². The average molecular weight is 469 g/mol. The highest BCUT2D eigenvalue weighted by Crippen LogP contribution is 2.48. The highest BCUT2D eigenvalue weighted by atomic mass is 32.1. The molecule has 0 radical (unpaired) electrons. The molecule has 5 rings (SSSR count). The van der Waals surface area contributed by atoms with Crippen LogP contribution in [0, 0.1) is 4.77 Å². The fourth-order valence-corrected chi connectivity index (χ4v) is 5.12. The minimum Gasteiger partial charge on any atom is -0.494 e. The van der Waals surface area contributed by atoms with Crippen molar-refractivity contribution in [2.24, 2.45) is 0 Å². The van der Waals surface area contributed by atoms with Gasteiger partial charge >= 0.3 is 0 Å². The quantitative estimate of drug-likeness (QED) is 0.495. The normalized spacial score (nSPS) is 18.7. The minimum atomic E-state index is -0.458. The second-order valence-corrected chi connectivity index (χ2v) is 8.77. The molecule has 2 aliphatic rings. The van der Waals surface area contributed by atoms with Crippen molar-refractivity contribution in [1.82, 2.24) is 9.55 Å². The Bertz CT molecular complexity index is 1320. The van der Waals surface area contributed by atoms with E-state index in [1.54, 1.807) is 11.7 Å². The summed E-state index contributed by atoms with van der Waals surface area (Å²) < 4.78 is 18.8. The van der Waals surface area contributed by atoms with E-state index in [0.29, 0.717) is 30.2 Å². The van der Waals surface area contributed by atoms with Gasteiger partial charge in [0.25, 0.3) is 5.56 Å². The van der Waals surface area contributed by atoms with E-state index in [1.807, 2.05) is 43.4 Å². The van der Waals surface area contributed by atoms with Crippen molar-refractivity contribution in [3.8, 4) is 23.1 Å². The van der Waals surface area contributed by atoms with Crippen LogP contribution in [0.15, 0.2) is 41.2 Å². The summed E-state index contributed by atoms with van der Waals surface area (Å²) in [5.41, 5.74) is 2.84. The summed E-state index contributed by atoms with van der Waals surface area (Å²) in [5, 5.41) is 11.3. The third-order valence-electron chi connectivity index (χ3n) is 6.48. The summed E-state index contributed by atoms with van der Waals surface area (Å²) in [6.07, 6.45) is 1.45. The van der Waals surface area contributed by atoms with Gasteiger partial charge in [-0.1, -0.05) is 30.3 Å². The van der Waals surface area contributed by atoms with E-state index in [9.17, 15) is 9.90 Å². The van der Waals surface area contributed by atoms with Gasteiger partial charge in [0.2, 0.25) is 18.4 Å². The lowest BCUT2D eigenvalue weighted by Gasteiger charge is -2.33. The fraction of sp³-hybridized carbons (Fsp3) is 0.333. The number of hydrogen-bond acceptors (Lipinski definition) is 6. The number of likely N-dealkylation sites (N-methyl/N-ethyl adjacent to an activating group) is 1. The van der Waals surface area contributed by atoms with Crippen LogP contribution in [0.4, 0.5) is 0 Å². The molecule has 0 fully saturated rings. The molecule has 0 bridgehead atoms. The Balaban J connectivity index is 1.64. The maximum Gasteiger partial charge on any atom is 0.265 e.